The van der Waals surface area contributed by atoms with Crippen LogP contribution in [0.2, 0.25) is 0 Å². The van der Waals surface area contributed by atoms with E-state index in [0.717, 1.165) is 38.6 Å². The topological polar surface area (TPSA) is 43.8 Å². The molecule has 1 unspecified atom stereocenters. The van der Waals surface area contributed by atoms with E-state index in [4.69, 9.17) is 5.11 Å². The summed E-state index contributed by atoms with van der Waals surface area (Å²) in [6, 6.07) is 0.723. The molecule has 0 aromatic rings. The number of carboxylic acid groups (broad SMARTS) is 1. The zero-order valence-electron chi connectivity index (χ0n) is 11.7. The van der Waals surface area contributed by atoms with Gasteiger partial charge in [-0.05, 0) is 46.2 Å². The first-order valence-corrected chi connectivity index (χ1v) is 7.19. The predicted molar refractivity (Wildman–Crippen MR) is 71.7 cm³/mol. The number of carboxylic acids is 1. The molecule has 1 N–H and O–H groups in total. The number of nitrogens with zero attached hydrogens (tertiary/aromatic N) is 2. The Labute approximate surface area is 110 Å². The van der Waals surface area contributed by atoms with Crippen molar-refractivity contribution in [2.75, 3.05) is 32.7 Å². The maximum Gasteiger partial charge on any atom is 0.309 e. The molecule has 104 valence electrons. The van der Waals surface area contributed by atoms with E-state index < -0.39 is 11.4 Å². The van der Waals surface area contributed by atoms with Crippen molar-refractivity contribution in [3.05, 3.63) is 0 Å². The smallest absolute Gasteiger partial charge is 0.309 e. The summed E-state index contributed by atoms with van der Waals surface area (Å²) in [5.74, 6) is -0.682. The van der Waals surface area contributed by atoms with Crippen molar-refractivity contribution < 1.29 is 9.90 Å². The molecular formula is C14H26N2O2. The van der Waals surface area contributed by atoms with E-state index in [0.29, 0.717) is 0 Å². The van der Waals surface area contributed by atoms with Gasteiger partial charge in [0.05, 0.1) is 5.41 Å². The minimum absolute atomic E-state index is 0.594. The second kappa shape index (κ2) is 5.57. The number of fused-ring (bicyclic) bond motifs is 1. The molecule has 2 rings (SSSR count). The molecule has 1 atom stereocenters. The van der Waals surface area contributed by atoms with Crippen LogP contribution in [0.3, 0.4) is 0 Å². The molecule has 0 aromatic heterocycles. The molecule has 2 fully saturated rings. The predicted octanol–water partition coefficient (Wildman–Crippen LogP) is 1.66. The summed E-state index contributed by atoms with van der Waals surface area (Å²) in [4.78, 5) is 16.2. The van der Waals surface area contributed by atoms with Crippen LogP contribution in [-0.2, 0) is 4.79 Å². The molecule has 4 nitrogen and oxygen atoms in total. The monoisotopic (exact) mass is 254 g/mol. The van der Waals surface area contributed by atoms with Crippen molar-refractivity contribution in [2.45, 2.75) is 45.6 Å². The first-order valence-electron chi connectivity index (χ1n) is 7.19. The minimum atomic E-state index is -0.682. The van der Waals surface area contributed by atoms with Crippen molar-refractivity contribution in [1.29, 1.82) is 0 Å². The Hall–Kier alpha value is -0.610. The molecule has 2 saturated heterocycles. The molecule has 0 bridgehead atoms. The lowest BCUT2D eigenvalue weighted by molar-refractivity contribution is -0.147. The van der Waals surface area contributed by atoms with Crippen LogP contribution < -0.4 is 0 Å². The number of hydrogen-bond acceptors (Lipinski definition) is 3. The second-order valence-corrected chi connectivity index (χ2v) is 6.43. The summed E-state index contributed by atoms with van der Waals surface area (Å²) < 4.78 is 0. The number of carbonyl (C=O) groups is 1. The van der Waals surface area contributed by atoms with Gasteiger partial charge >= 0.3 is 5.97 Å². The third-order valence-electron chi connectivity index (χ3n) is 4.55. The maximum absolute atomic E-state index is 11.1. The van der Waals surface area contributed by atoms with Crippen molar-refractivity contribution in [3.8, 4) is 0 Å². The molecule has 2 heterocycles. The fraction of sp³-hybridized carbons (Fsp3) is 0.929. The highest BCUT2D eigenvalue weighted by Gasteiger charge is 2.31. The quantitative estimate of drug-likeness (QED) is 0.828. The molecule has 2 aliphatic rings. The summed E-state index contributed by atoms with van der Waals surface area (Å²) in [5, 5.41) is 9.13. The normalized spacial score (nSPS) is 26.9. The zero-order valence-corrected chi connectivity index (χ0v) is 11.7. The van der Waals surface area contributed by atoms with Gasteiger partial charge in [-0.15, -0.1) is 0 Å². The summed E-state index contributed by atoms with van der Waals surface area (Å²) in [7, 11) is 0. The van der Waals surface area contributed by atoms with Crippen molar-refractivity contribution >= 4 is 5.97 Å². The Kier molecular flexibility index (Phi) is 4.28. The molecule has 4 heteroatoms. The van der Waals surface area contributed by atoms with E-state index in [1.54, 1.807) is 0 Å². The Bertz CT molecular complexity index is 304. The fourth-order valence-corrected chi connectivity index (χ4v) is 2.97. The van der Waals surface area contributed by atoms with E-state index in [-0.39, 0.29) is 0 Å². The lowest BCUT2D eigenvalue weighted by Crippen LogP contribution is -2.55. The van der Waals surface area contributed by atoms with Crippen LogP contribution in [0, 0.1) is 5.41 Å². The first kappa shape index (κ1) is 13.8. The van der Waals surface area contributed by atoms with Crippen LogP contribution in [0.25, 0.3) is 0 Å². The zero-order chi connectivity index (χ0) is 13.2. The van der Waals surface area contributed by atoms with Gasteiger partial charge in [-0.3, -0.25) is 9.69 Å². The van der Waals surface area contributed by atoms with E-state index in [9.17, 15) is 4.79 Å². The standard InChI is InChI=1S/C14H26N2O2/c1-14(2,13(17)18)6-8-15-9-10-16-7-4-3-5-12(16)11-15/h12H,3-11H2,1-2H3,(H,17,18). The SMILES string of the molecule is CC(C)(CCN1CCN2CCCCC2C1)C(=O)O. The van der Waals surface area contributed by atoms with Gasteiger partial charge in [-0.2, -0.15) is 0 Å². The molecule has 2 aliphatic heterocycles. The van der Waals surface area contributed by atoms with Gasteiger partial charge in [0.2, 0.25) is 0 Å². The van der Waals surface area contributed by atoms with Gasteiger partial charge in [-0.1, -0.05) is 6.42 Å². The minimum Gasteiger partial charge on any atom is -0.481 e. The summed E-state index contributed by atoms with van der Waals surface area (Å²) in [6.45, 7) is 9.24. The number of hydrogen-bond donors (Lipinski definition) is 1. The molecule has 0 saturated carbocycles. The Morgan fingerprint density at radius 2 is 2.06 bits per heavy atom. The van der Waals surface area contributed by atoms with Gasteiger partial charge in [-0.25, -0.2) is 0 Å². The molecule has 0 aromatic carbocycles. The van der Waals surface area contributed by atoms with Crippen LogP contribution in [-0.4, -0.2) is 59.6 Å². The first-order chi connectivity index (χ1) is 8.49. The van der Waals surface area contributed by atoms with Gasteiger partial charge in [0.15, 0.2) is 0 Å². The lowest BCUT2D eigenvalue weighted by Gasteiger charge is -2.44. The van der Waals surface area contributed by atoms with Crippen molar-refractivity contribution in [3.63, 3.8) is 0 Å². The average molecular weight is 254 g/mol. The Morgan fingerprint density at radius 3 is 2.78 bits per heavy atom. The van der Waals surface area contributed by atoms with Gasteiger partial charge in [0.25, 0.3) is 0 Å². The molecule has 0 amide bonds. The summed E-state index contributed by atoms with van der Waals surface area (Å²) in [6.07, 6.45) is 4.77. The van der Waals surface area contributed by atoms with Crippen LogP contribution in [0.1, 0.15) is 39.5 Å². The van der Waals surface area contributed by atoms with Gasteiger partial charge in [0, 0.05) is 25.7 Å². The summed E-state index contributed by atoms with van der Waals surface area (Å²) >= 11 is 0. The number of rotatable bonds is 4. The Balaban J connectivity index is 1.79. The number of piperidine rings is 1. The van der Waals surface area contributed by atoms with Gasteiger partial charge < -0.3 is 10.0 Å². The van der Waals surface area contributed by atoms with E-state index in [1.165, 1.54) is 25.8 Å². The third kappa shape index (κ3) is 3.23. The molecule has 0 radical (unpaired) electrons. The van der Waals surface area contributed by atoms with Crippen molar-refractivity contribution in [2.24, 2.45) is 5.41 Å². The molecular weight excluding hydrogens is 228 g/mol. The molecule has 18 heavy (non-hydrogen) atoms. The van der Waals surface area contributed by atoms with Crippen molar-refractivity contribution in [1.82, 2.24) is 9.80 Å². The van der Waals surface area contributed by atoms with Crippen LogP contribution in [0.4, 0.5) is 0 Å². The summed E-state index contributed by atoms with van der Waals surface area (Å²) in [5.41, 5.74) is -0.594. The Morgan fingerprint density at radius 1 is 1.28 bits per heavy atom. The van der Waals surface area contributed by atoms with E-state index in [2.05, 4.69) is 9.80 Å². The number of aliphatic carboxylic acids is 1. The van der Waals surface area contributed by atoms with Crippen LogP contribution in [0.5, 0.6) is 0 Å². The van der Waals surface area contributed by atoms with E-state index in [1.807, 2.05) is 13.8 Å². The molecule has 0 aliphatic carbocycles. The number of piperazine rings is 1. The molecule has 0 spiro atoms. The highest BCUT2D eigenvalue weighted by atomic mass is 16.4. The maximum atomic E-state index is 11.1. The highest BCUT2D eigenvalue weighted by Crippen LogP contribution is 2.24. The van der Waals surface area contributed by atoms with Crippen LogP contribution >= 0.6 is 0 Å². The fourth-order valence-electron chi connectivity index (χ4n) is 2.97. The second-order valence-electron chi connectivity index (χ2n) is 6.43. The lowest BCUT2D eigenvalue weighted by atomic mass is 9.89. The van der Waals surface area contributed by atoms with Crippen LogP contribution in [0.15, 0.2) is 0 Å². The largest absolute Gasteiger partial charge is 0.481 e. The highest BCUT2D eigenvalue weighted by molar-refractivity contribution is 5.73. The third-order valence-corrected chi connectivity index (χ3v) is 4.55. The average Bonchev–Trinajstić information content (AvgIpc) is 2.36. The van der Waals surface area contributed by atoms with E-state index >= 15 is 0 Å². The van der Waals surface area contributed by atoms with Gasteiger partial charge in [0.1, 0.15) is 0 Å².